The van der Waals surface area contributed by atoms with Gasteiger partial charge in [-0.15, -0.1) is 0 Å². The topological polar surface area (TPSA) is 46.5 Å². The molecule has 15 heavy (non-hydrogen) atoms. The Hall–Kier alpha value is -0.370. The summed E-state index contributed by atoms with van der Waals surface area (Å²) in [5.41, 5.74) is 0. The molecular weight excluding hydrogens is 211 g/mol. The van der Waals surface area contributed by atoms with Gasteiger partial charge < -0.3 is 9.42 Å². The summed E-state index contributed by atoms with van der Waals surface area (Å²) in [6.07, 6.45) is 9.51. The first-order valence-corrected chi connectivity index (χ1v) is 7.02. The van der Waals surface area contributed by atoms with Crippen molar-refractivity contribution in [2.24, 2.45) is 0 Å². The highest BCUT2D eigenvalue weighted by Gasteiger charge is 2.11. The number of allylic oxidation sites excluding steroid dienone is 1. The molecule has 0 saturated carbocycles. The Balaban J connectivity index is 3.38. The van der Waals surface area contributed by atoms with Crippen molar-refractivity contribution >= 4 is 7.60 Å². The third kappa shape index (κ3) is 9.92. The molecule has 1 atom stereocenters. The first-order chi connectivity index (χ1) is 7.12. The maximum absolute atomic E-state index is 10.9. The van der Waals surface area contributed by atoms with Gasteiger partial charge >= 0.3 is 7.60 Å². The second kappa shape index (κ2) is 8.90. The van der Waals surface area contributed by atoms with E-state index in [-0.39, 0.29) is 6.61 Å². The van der Waals surface area contributed by atoms with Crippen LogP contribution in [0.3, 0.4) is 0 Å². The monoisotopic (exact) mass is 232 g/mol. The first-order valence-electron chi connectivity index (χ1n) is 5.38. The molecule has 0 aromatic rings. The lowest BCUT2D eigenvalue weighted by atomic mass is 10.2. The largest absolute Gasteiger partial charge is 0.351 e. The summed E-state index contributed by atoms with van der Waals surface area (Å²) in [6.45, 7) is 5.67. The van der Waals surface area contributed by atoms with E-state index in [0.717, 1.165) is 12.2 Å². The van der Waals surface area contributed by atoms with Gasteiger partial charge in [-0.05, 0) is 19.3 Å². The molecule has 1 N–H and O–H groups in total. The summed E-state index contributed by atoms with van der Waals surface area (Å²) >= 11 is 0. The molecule has 0 radical (unpaired) electrons. The van der Waals surface area contributed by atoms with E-state index < -0.39 is 7.60 Å². The Morgan fingerprint density at radius 2 is 2.00 bits per heavy atom. The number of rotatable bonds is 9. The van der Waals surface area contributed by atoms with E-state index >= 15 is 0 Å². The Morgan fingerprint density at radius 3 is 2.60 bits per heavy atom. The van der Waals surface area contributed by atoms with Gasteiger partial charge in [0.05, 0.1) is 6.61 Å². The zero-order chi connectivity index (χ0) is 11.6. The zero-order valence-corrected chi connectivity index (χ0v) is 10.3. The molecule has 0 aromatic heterocycles. The average molecular weight is 232 g/mol. The summed E-state index contributed by atoms with van der Waals surface area (Å²) in [4.78, 5) is 8.99. The van der Waals surface area contributed by atoms with Crippen LogP contribution in [0, 0.1) is 0 Å². The van der Waals surface area contributed by atoms with Crippen molar-refractivity contribution in [3.63, 3.8) is 0 Å². The van der Waals surface area contributed by atoms with Crippen molar-refractivity contribution in [2.75, 3.05) is 6.61 Å². The van der Waals surface area contributed by atoms with E-state index in [9.17, 15) is 4.57 Å². The van der Waals surface area contributed by atoms with Gasteiger partial charge in [-0.25, -0.2) is 0 Å². The van der Waals surface area contributed by atoms with Gasteiger partial charge in [0.2, 0.25) is 0 Å². The lowest BCUT2D eigenvalue weighted by Crippen LogP contribution is -1.88. The fourth-order valence-corrected chi connectivity index (χ4v) is 1.52. The Kier molecular flexibility index (Phi) is 8.68. The molecule has 0 saturated heterocycles. The predicted molar refractivity (Wildman–Crippen MR) is 63.9 cm³/mol. The average Bonchev–Trinajstić information content (AvgIpc) is 2.22. The van der Waals surface area contributed by atoms with Crippen LogP contribution in [0.15, 0.2) is 24.5 Å². The van der Waals surface area contributed by atoms with Crippen molar-refractivity contribution in [1.82, 2.24) is 0 Å². The van der Waals surface area contributed by atoms with E-state index in [1.165, 1.54) is 19.3 Å². The van der Waals surface area contributed by atoms with Gasteiger partial charge in [0.25, 0.3) is 0 Å². The number of hydrogen-bond donors (Lipinski definition) is 1. The normalized spacial score (nSPS) is 15.3. The van der Waals surface area contributed by atoms with Gasteiger partial charge in [-0.2, -0.15) is 0 Å². The van der Waals surface area contributed by atoms with Crippen LogP contribution in [0.2, 0.25) is 0 Å². The Morgan fingerprint density at radius 1 is 1.33 bits per heavy atom. The molecule has 0 spiro atoms. The van der Waals surface area contributed by atoms with Crippen LogP contribution in [-0.4, -0.2) is 11.5 Å². The summed E-state index contributed by atoms with van der Waals surface area (Å²) in [7, 11) is -3.51. The molecule has 3 nitrogen and oxygen atoms in total. The van der Waals surface area contributed by atoms with E-state index in [0.29, 0.717) is 6.42 Å². The van der Waals surface area contributed by atoms with Crippen LogP contribution in [0.4, 0.5) is 0 Å². The van der Waals surface area contributed by atoms with E-state index in [4.69, 9.17) is 9.42 Å². The fraction of sp³-hybridized carbons (Fsp3) is 0.636. The zero-order valence-electron chi connectivity index (χ0n) is 9.39. The van der Waals surface area contributed by atoms with Crippen molar-refractivity contribution in [3.8, 4) is 0 Å². The van der Waals surface area contributed by atoms with Gasteiger partial charge in [0, 0.05) is 5.82 Å². The fourth-order valence-electron chi connectivity index (χ4n) is 1.05. The highest BCUT2D eigenvalue weighted by Crippen LogP contribution is 2.42. The maximum Gasteiger partial charge on any atom is 0.351 e. The molecule has 0 fully saturated rings. The third-order valence-electron chi connectivity index (χ3n) is 1.93. The molecule has 0 bridgehead atoms. The smallest absolute Gasteiger partial charge is 0.321 e. The molecule has 0 heterocycles. The number of unbranched alkanes of at least 4 members (excludes halogenated alkanes) is 3. The quantitative estimate of drug-likeness (QED) is 0.373. The van der Waals surface area contributed by atoms with Crippen molar-refractivity contribution < 1.29 is 14.0 Å². The van der Waals surface area contributed by atoms with Crippen LogP contribution in [0.1, 0.15) is 39.0 Å². The molecule has 0 aromatic carbocycles. The van der Waals surface area contributed by atoms with Gasteiger partial charge in [-0.3, -0.25) is 4.57 Å². The SMILES string of the molecule is C=CP(=O)(O)OCC/C=C\CCCCC. The minimum atomic E-state index is -3.51. The summed E-state index contributed by atoms with van der Waals surface area (Å²) in [6, 6.07) is 0. The molecule has 0 aliphatic rings. The van der Waals surface area contributed by atoms with Gasteiger partial charge in [0.15, 0.2) is 0 Å². The summed E-state index contributed by atoms with van der Waals surface area (Å²) < 4.78 is 15.7. The minimum absolute atomic E-state index is 0.268. The summed E-state index contributed by atoms with van der Waals surface area (Å²) in [5, 5.41) is 0. The highest BCUT2D eigenvalue weighted by atomic mass is 31.2. The highest BCUT2D eigenvalue weighted by molar-refractivity contribution is 7.56. The lowest BCUT2D eigenvalue weighted by molar-refractivity contribution is 0.273. The van der Waals surface area contributed by atoms with E-state index in [1.54, 1.807) is 0 Å². The molecule has 0 amide bonds. The lowest BCUT2D eigenvalue weighted by Gasteiger charge is -2.04. The Bertz CT molecular complexity index is 236. The number of hydrogen-bond acceptors (Lipinski definition) is 2. The first kappa shape index (κ1) is 14.6. The minimum Gasteiger partial charge on any atom is -0.321 e. The van der Waals surface area contributed by atoms with Crippen LogP contribution >= 0.6 is 7.60 Å². The second-order valence-corrected chi connectivity index (χ2v) is 5.09. The van der Waals surface area contributed by atoms with E-state index in [2.05, 4.69) is 19.6 Å². The van der Waals surface area contributed by atoms with Crippen LogP contribution in [0.25, 0.3) is 0 Å². The van der Waals surface area contributed by atoms with Crippen LogP contribution in [0.5, 0.6) is 0 Å². The molecule has 0 rings (SSSR count). The molecule has 0 aliphatic heterocycles. The second-order valence-electron chi connectivity index (χ2n) is 3.34. The Labute approximate surface area is 92.4 Å². The van der Waals surface area contributed by atoms with Crippen molar-refractivity contribution in [2.45, 2.75) is 39.0 Å². The van der Waals surface area contributed by atoms with Crippen LogP contribution < -0.4 is 0 Å². The van der Waals surface area contributed by atoms with Gasteiger partial charge in [0.1, 0.15) is 0 Å². The van der Waals surface area contributed by atoms with E-state index in [1.807, 2.05) is 6.08 Å². The maximum atomic E-state index is 10.9. The molecule has 1 unspecified atom stereocenters. The van der Waals surface area contributed by atoms with Crippen molar-refractivity contribution in [1.29, 1.82) is 0 Å². The van der Waals surface area contributed by atoms with Gasteiger partial charge in [-0.1, -0.05) is 38.5 Å². The molecule has 88 valence electrons. The van der Waals surface area contributed by atoms with Crippen LogP contribution in [-0.2, 0) is 9.09 Å². The van der Waals surface area contributed by atoms with Crippen molar-refractivity contribution in [3.05, 3.63) is 24.5 Å². The standard InChI is InChI=1S/C11H21O3P/c1-3-5-6-7-8-9-10-11-14-15(12,13)4-2/h4,8-9H,2-3,5-7,10-11H2,1H3,(H,12,13)/b9-8-. The molecule has 0 aliphatic carbocycles. The molecule has 4 heteroatoms. The predicted octanol–water partition coefficient (Wildman–Crippen LogP) is 3.86. The molecular formula is C11H21O3P. The third-order valence-corrected chi connectivity index (χ3v) is 2.95. The summed E-state index contributed by atoms with van der Waals surface area (Å²) in [5.74, 6) is 0.956.